The molecule has 5 atom stereocenters. The lowest BCUT2D eigenvalue weighted by Crippen LogP contribution is -2.63. The monoisotopic (exact) mass is 374 g/mol. The quantitative estimate of drug-likeness (QED) is 0.617. The summed E-state index contributed by atoms with van der Waals surface area (Å²) in [5.41, 5.74) is -2.56. The third kappa shape index (κ3) is 2.06. The van der Waals surface area contributed by atoms with Gasteiger partial charge in [-0.2, -0.15) is 0 Å². The van der Waals surface area contributed by atoms with Crippen molar-refractivity contribution >= 4 is 11.6 Å². The van der Waals surface area contributed by atoms with Gasteiger partial charge in [0.1, 0.15) is 18.0 Å². The lowest BCUT2D eigenvalue weighted by atomic mass is 9.50. The summed E-state index contributed by atoms with van der Waals surface area (Å²) in [6.07, 6.45) is 1.65. The number of hydrogen-bond acceptors (Lipinski definition) is 6. The number of aromatic hydroxyl groups is 1. The van der Waals surface area contributed by atoms with Crippen LogP contribution in [0.1, 0.15) is 49.3 Å². The summed E-state index contributed by atoms with van der Waals surface area (Å²) in [7, 11) is 0. The average Bonchev–Trinajstić information content (AvgIpc) is 2.89. The van der Waals surface area contributed by atoms with Crippen molar-refractivity contribution in [2.24, 2.45) is 17.3 Å². The van der Waals surface area contributed by atoms with Gasteiger partial charge in [0.25, 0.3) is 0 Å². The zero-order valence-electron chi connectivity index (χ0n) is 15.7. The smallest absolute Gasteiger partial charge is 0.190 e. The summed E-state index contributed by atoms with van der Waals surface area (Å²) in [6, 6.07) is 3.29. The number of ketones is 2. The Morgan fingerprint density at radius 3 is 2.59 bits per heavy atom. The molecule has 0 unspecified atom stereocenters. The Kier molecular flexibility index (Phi) is 3.87. The average molecular weight is 374 g/mol. The lowest BCUT2D eigenvalue weighted by Gasteiger charge is -2.55. The number of rotatable bonds is 2. The second-order valence-corrected chi connectivity index (χ2v) is 8.77. The molecule has 0 bridgehead atoms. The summed E-state index contributed by atoms with van der Waals surface area (Å²) in [4.78, 5) is 25.6. The van der Waals surface area contributed by atoms with Crippen LogP contribution in [0.3, 0.4) is 0 Å². The Balaban J connectivity index is 1.87. The van der Waals surface area contributed by atoms with Crippen molar-refractivity contribution in [3.63, 3.8) is 0 Å². The van der Waals surface area contributed by atoms with E-state index in [4.69, 9.17) is 0 Å². The number of aliphatic hydroxyl groups excluding tert-OH is 1. The van der Waals surface area contributed by atoms with Crippen molar-refractivity contribution < 1.29 is 30.0 Å². The number of benzene rings is 1. The van der Waals surface area contributed by atoms with E-state index < -0.39 is 40.7 Å². The maximum Gasteiger partial charge on any atom is 0.190 e. The van der Waals surface area contributed by atoms with Gasteiger partial charge in [-0.15, -0.1) is 0 Å². The van der Waals surface area contributed by atoms with E-state index in [0.29, 0.717) is 24.8 Å². The van der Waals surface area contributed by atoms with Crippen LogP contribution < -0.4 is 0 Å². The van der Waals surface area contributed by atoms with Crippen LogP contribution in [0.4, 0.5) is 0 Å². The number of phenols is 1. The van der Waals surface area contributed by atoms with Gasteiger partial charge in [-0.05, 0) is 55.7 Å². The fourth-order valence-electron chi connectivity index (χ4n) is 6.27. The minimum atomic E-state index is -1.80. The molecule has 0 aromatic heterocycles. The molecule has 146 valence electrons. The van der Waals surface area contributed by atoms with Gasteiger partial charge in [0.15, 0.2) is 17.2 Å². The molecule has 4 N–H and O–H groups in total. The van der Waals surface area contributed by atoms with Crippen molar-refractivity contribution in [1.29, 1.82) is 0 Å². The van der Waals surface area contributed by atoms with Gasteiger partial charge in [0, 0.05) is 23.3 Å². The number of hydrogen-bond donors (Lipinski definition) is 4. The molecular formula is C21H26O6. The molecule has 3 aliphatic carbocycles. The van der Waals surface area contributed by atoms with E-state index in [1.54, 1.807) is 13.0 Å². The van der Waals surface area contributed by atoms with Crippen molar-refractivity contribution in [3.05, 3.63) is 28.8 Å². The lowest BCUT2D eigenvalue weighted by molar-refractivity contribution is -0.187. The molecule has 3 aliphatic rings. The zero-order chi connectivity index (χ0) is 19.8. The molecule has 6 heteroatoms. The highest BCUT2D eigenvalue weighted by molar-refractivity contribution is 5.95. The van der Waals surface area contributed by atoms with Crippen LogP contribution in [0, 0.1) is 24.2 Å². The maximum atomic E-state index is 13.3. The van der Waals surface area contributed by atoms with Gasteiger partial charge in [-0.3, -0.25) is 9.59 Å². The van der Waals surface area contributed by atoms with Crippen molar-refractivity contribution in [1.82, 2.24) is 0 Å². The van der Waals surface area contributed by atoms with E-state index in [-0.39, 0.29) is 24.5 Å². The second kappa shape index (κ2) is 5.63. The number of Topliss-reactive ketones (excluding diaryl/α,β-unsaturated/α-hetero) is 2. The van der Waals surface area contributed by atoms with Crippen molar-refractivity contribution in [3.8, 4) is 5.75 Å². The Labute approximate surface area is 157 Å². The summed E-state index contributed by atoms with van der Waals surface area (Å²) < 4.78 is 0. The molecular weight excluding hydrogens is 348 g/mol. The normalized spacial score (nSPS) is 40.3. The number of carbonyl (C=O) groups excluding carboxylic acids is 2. The maximum absolute atomic E-state index is 13.3. The molecule has 0 aliphatic heterocycles. The molecule has 2 saturated carbocycles. The van der Waals surface area contributed by atoms with Crippen molar-refractivity contribution in [2.75, 3.05) is 6.61 Å². The Morgan fingerprint density at radius 1 is 1.22 bits per heavy atom. The van der Waals surface area contributed by atoms with Gasteiger partial charge >= 0.3 is 0 Å². The Bertz CT molecular complexity index is 847. The van der Waals surface area contributed by atoms with Gasteiger partial charge in [-0.25, -0.2) is 0 Å². The van der Waals surface area contributed by atoms with E-state index in [9.17, 15) is 30.0 Å². The first-order valence-corrected chi connectivity index (χ1v) is 9.55. The van der Waals surface area contributed by atoms with Crippen LogP contribution in [-0.2, 0) is 21.6 Å². The molecule has 27 heavy (non-hydrogen) atoms. The van der Waals surface area contributed by atoms with E-state index >= 15 is 0 Å². The zero-order valence-corrected chi connectivity index (χ0v) is 15.7. The first-order valence-electron chi connectivity index (χ1n) is 9.55. The largest absolute Gasteiger partial charge is 0.508 e. The fraction of sp³-hybridized carbons (Fsp3) is 0.619. The first-order chi connectivity index (χ1) is 12.6. The van der Waals surface area contributed by atoms with E-state index in [0.717, 1.165) is 11.1 Å². The molecule has 0 amide bonds. The summed E-state index contributed by atoms with van der Waals surface area (Å²) in [6.45, 7) is 2.85. The molecule has 1 aromatic carbocycles. The van der Waals surface area contributed by atoms with E-state index in [1.807, 2.05) is 6.92 Å². The van der Waals surface area contributed by atoms with E-state index in [1.165, 1.54) is 6.07 Å². The third-order valence-corrected chi connectivity index (χ3v) is 7.77. The second-order valence-electron chi connectivity index (χ2n) is 8.77. The SMILES string of the molecule is Cc1ccc(O)c2c1CC[C@H]1[C@@H]3CC[C@](O)(C(=O)CO)[C@@]3(C)CC(=O)[C@@]21O. The number of aryl methyl sites for hydroxylation is 1. The molecule has 0 spiro atoms. The predicted octanol–water partition coefficient (Wildman–Crippen LogP) is 1.13. The summed E-state index contributed by atoms with van der Waals surface area (Å²) >= 11 is 0. The van der Waals surface area contributed by atoms with Crippen LogP contribution >= 0.6 is 0 Å². The van der Waals surface area contributed by atoms with Gasteiger partial charge in [0.05, 0.1) is 0 Å². The van der Waals surface area contributed by atoms with E-state index in [2.05, 4.69) is 0 Å². The molecule has 0 radical (unpaired) electrons. The minimum absolute atomic E-state index is 0.0838. The van der Waals surface area contributed by atoms with Gasteiger partial charge in [-0.1, -0.05) is 13.0 Å². The fourth-order valence-corrected chi connectivity index (χ4v) is 6.27. The molecule has 4 rings (SSSR count). The van der Waals surface area contributed by atoms with Crippen LogP contribution in [-0.4, -0.2) is 44.2 Å². The summed E-state index contributed by atoms with van der Waals surface area (Å²) in [5, 5.41) is 42.5. The number of fused-ring (bicyclic) bond motifs is 5. The van der Waals surface area contributed by atoms with Crippen molar-refractivity contribution in [2.45, 2.75) is 57.2 Å². The third-order valence-electron chi connectivity index (χ3n) is 7.77. The number of phenolic OH excluding ortho intramolecular Hbond substituents is 1. The Hall–Kier alpha value is -1.76. The summed E-state index contributed by atoms with van der Waals surface area (Å²) in [5.74, 6) is -1.96. The first kappa shape index (κ1) is 18.6. The van der Waals surface area contributed by atoms with Crippen LogP contribution in [0.5, 0.6) is 5.75 Å². The standard InChI is InChI=1S/C21H26O6/c1-11-3-6-15(23)18-12(11)4-5-14-13-7-8-20(26,17(25)10-22)19(13,2)9-16(24)21(14,18)27/h3,6,13-14,22-23,26-27H,4-5,7-10H2,1-2H3/t13-,14-,19-,20-,21+/m0/s1. The Morgan fingerprint density at radius 2 is 1.93 bits per heavy atom. The van der Waals surface area contributed by atoms with Crippen LogP contribution in [0.15, 0.2) is 12.1 Å². The number of aliphatic hydroxyl groups is 3. The predicted molar refractivity (Wildman–Crippen MR) is 96.0 cm³/mol. The highest BCUT2D eigenvalue weighted by atomic mass is 16.3. The van der Waals surface area contributed by atoms with Gasteiger partial charge in [0.2, 0.25) is 0 Å². The molecule has 0 saturated heterocycles. The molecule has 0 heterocycles. The van der Waals surface area contributed by atoms with Gasteiger partial charge < -0.3 is 20.4 Å². The van der Waals surface area contributed by atoms with Crippen LogP contribution in [0.2, 0.25) is 0 Å². The van der Waals surface area contributed by atoms with Crippen LogP contribution in [0.25, 0.3) is 0 Å². The number of carbonyl (C=O) groups is 2. The topological polar surface area (TPSA) is 115 Å². The molecule has 6 nitrogen and oxygen atoms in total. The molecule has 2 fully saturated rings. The highest BCUT2D eigenvalue weighted by Gasteiger charge is 2.70. The molecule has 1 aromatic rings. The highest BCUT2D eigenvalue weighted by Crippen LogP contribution is 2.65. The minimum Gasteiger partial charge on any atom is -0.508 e.